The van der Waals surface area contributed by atoms with E-state index in [9.17, 15) is 0 Å². The van der Waals surface area contributed by atoms with E-state index < -0.39 is 0 Å². The molecule has 0 saturated heterocycles. The minimum absolute atomic E-state index is 0.950. The molecule has 3 heteroatoms. The molecule has 1 aliphatic rings. The van der Waals surface area contributed by atoms with Crippen LogP contribution in [0.4, 0.5) is 5.82 Å². The molecule has 0 unspecified atom stereocenters. The number of pyridine rings is 1. The second-order valence-corrected chi connectivity index (χ2v) is 4.79. The molecular weight excluding hydrogens is 264 g/mol. The molecule has 0 spiro atoms. The molecule has 2 heterocycles. The molecule has 0 radical (unpaired) electrons. The van der Waals surface area contributed by atoms with Crippen LogP contribution in [0.3, 0.4) is 0 Å². The Morgan fingerprint density at radius 1 is 1.00 bits per heavy atom. The van der Waals surface area contributed by atoms with Crippen molar-refractivity contribution in [3.05, 3.63) is 58.2 Å². The molecule has 80 valence electrons. The molecule has 0 atom stereocenters. The topological polar surface area (TPSA) is 16.1 Å². The summed E-state index contributed by atoms with van der Waals surface area (Å²) in [5.41, 5.74) is 2.81. The predicted molar refractivity (Wildman–Crippen MR) is 68.3 cm³/mol. The zero-order valence-corrected chi connectivity index (χ0v) is 10.3. The van der Waals surface area contributed by atoms with Crippen LogP contribution >= 0.6 is 15.9 Å². The Bertz CT molecular complexity index is 500. The van der Waals surface area contributed by atoms with E-state index in [1.807, 2.05) is 18.3 Å². The average Bonchev–Trinajstić information content (AvgIpc) is 2.73. The molecule has 1 aromatic heterocycles. The van der Waals surface area contributed by atoms with Crippen LogP contribution in [0.2, 0.25) is 0 Å². The molecule has 0 N–H and O–H groups in total. The third kappa shape index (κ3) is 1.61. The minimum atomic E-state index is 0.950. The first-order valence-electron chi connectivity index (χ1n) is 5.27. The molecule has 0 fully saturated rings. The molecule has 0 aliphatic carbocycles. The fourth-order valence-corrected chi connectivity index (χ4v) is 2.60. The Kier molecular flexibility index (Phi) is 2.40. The van der Waals surface area contributed by atoms with Gasteiger partial charge in [0.15, 0.2) is 0 Å². The van der Waals surface area contributed by atoms with E-state index in [2.05, 4.69) is 50.1 Å². The van der Waals surface area contributed by atoms with Gasteiger partial charge in [0, 0.05) is 19.3 Å². The molecule has 1 aromatic carbocycles. The lowest BCUT2D eigenvalue weighted by Gasteiger charge is -2.17. The second-order valence-electron chi connectivity index (χ2n) is 3.93. The van der Waals surface area contributed by atoms with Gasteiger partial charge in [0.25, 0.3) is 0 Å². The zero-order chi connectivity index (χ0) is 11.0. The average molecular weight is 275 g/mol. The lowest BCUT2D eigenvalue weighted by Crippen LogP contribution is -2.16. The first-order chi connectivity index (χ1) is 7.84. The first-order valence-corrected chi connectivity index (χ1v) is 6.06. The Morgan fingerprint density at radius 3 is 2.31 bits per heavy atom. The van der Waals surface area contributed by atoms with Crippen molar-refractivity contribution in [1.29, 1.82) is 0 Å². The number of rotatable bonds is 1. The summed E-state index contributed by atoms with van der Waals surface area (Å²) in [7, 11) is 0. The van der Waals surface area contributed by atoms with Crippen LogP contribution in [0.15, 0.2) is 47.1 Å². The van der Waals surface area contributed by atoms with Gasteiger partial charge in [-0.05, 0) is 39.2 Å². The van der Waals surface area contributed by atoms with Gasteiger partial charge in [-0.3, -0.25) is 0 Å². The van der Waals surface area contributed by atoms with E-state index in [1.54, 1.807) is 0 Å². The summed E-state index contributed by atoms with van der Waals surface area (Å²) in [5, 5.41) is 0. The monoisotopic (exact) mass is 274 g/mol. The molecular formula is C13H11BrN2. The Hall–Kier alpha value is -1.35. The van der Waals surface area contributed by atoms with Gasteiger partial charge in [-0.1, -0.05) is 24.3 Å². The third-order valence-corrected chi connectivity index (χ3v) is 3.50. The van der Waals surface area contributed by atoms with E-state index >= 15 is 0 Å². The molecule has 0 amide bonds. The number of hydrogen-bond acceptors (Lipinski definition) is 2. The number of halogens is 1. The van der Waals surface area contributed by atoms with Gasteiger partial charge in [-0.25, -0.2) is 4.98 Å². The summed E-state index contributed by atoms with van der Waals surface area (Å²) in [4.78, 5) is 6.71. The Labute approximate surface area is 103 Å². The molecule has 2 nitrogen and oxygen atoms in total. The smallest absolute Gasteiger partial charge is 0.143 e. The lowest BCUT2D eigenvalue weighted by atomic mass is 10.1. The van der Waals surface area contributed by atoms with Crippen LogP contribution in [0.1, 0.15) is 11.1 Å². The highest BCUT2D eigenvalue weighted by Gasteiger charge is 2.20. The fourth-order valence-electron chi connectivity index (χ4n) is 2.09. The van der Waals surface area contributed by atoms with Crippen molar-refractivity contribution in [1.82, 2.24) is 4.98 Å². The highest BCUT2D eigenvalue weighted by molar-refractivity contribution is 9.10. The van der Waals surface area contributed by atoms with Crippen molar-refractivity contribution in [2.75, 3.05) is 4.90 Å². The second kappa shape index (κ2) is 3.91. The predicted octanol–water partition coefficient (Wildman–Crippen LogP) is 3.36. The fraction of sp³-hybridized carbons (Fsp3) is 0.154. The van der Waals surface area contributed by atoms with Gasteiger partial charge in [0.1, 0.15) is 5.82 Å². The van der Waals surface area contributed by atoms with Gasteiger partial charge < -0.3 is 4.90 Å². The van der Waals surface area contributed by atoms with Gasteiger partial charge in [0.2, 0.25) is 0 Å². The number of fused-ring (bicyclic) bond motifs is 1. The van der Waals surface area contributed by atoms with E-state index in [1.165, 1.54) is 11.1 Å². The van der Waals surface area contributed by atoms with E-state index in [-0.39, 0.29) is 0 Å². The lowest BCUT2D eigenvalue weighted by molar-refractivity contribution is 0.853. The van der Waals surface area contributed by atoms with Crippen molar-refractivity contribution >= 4 is 21.7 Å². The summed E-state index contributed by atoms with van der Waals surface area (Å²) in [6.45, 7) is 1.90. The van der Waals surface area contributed by atoms with Gasteiger partial charge in [-0.2, -0.15) is 0 Å². The molecule has 16 heavy (non-hydrogen) atoms. The van der Waals surface area contributed by atoms with Gasteiger partial charge >= 0.3 is 0 Å². The number of aromatic nitrogens is 1. The highest BCUT2D eigenvalue weighted by Crippen LogP contribution is 2.31. The standard InChI is InChI=1S/C13H11BrN2/c14-12-6-3-7-15-13(12)16-8-10-4-1-2-5-11(10)9-16/h1-7H,8-9H2. The summed E-state index contributed by atoms with van der Waals surface area (Å²) in [6, 6.07) is 12.5. The van der Waals surface area contributed by atoms with E-state index in [0.29, 0.717) is 0 Å². The maximum atomic E-state index is 4.42. The molecule has 3 rings (SSSR count). The summed E-state index contributed by atoms with van der Waals surface area (Å²) < 4.78 is 1.06. The Balaban J connectivity index is 1.95. The maximum absolute atomic E-state index is 4.42. The normalized spacial score (nSPS) is 13.9. The maximum Gasteiger partial charge on any atom is 0.143 e. The van der Waals surface area contributed by atoms with Gasteiger partial charge in [0.05, 0.1) is 4.47 Å². The first kappa shape index (κ1) is 9.85. The van der Waals surface area contributed by atoms with Crippen LogP contribution < -0.4 is 4.90 Å². The van der Waals surface area contributed by atoms with Crippen LogP contribution in [0, 0.1) is 0 Å². The minimum Gasteiger partial charge on any atom is -0.347 e. The largest absolute Gasteiger partial charge is 0.347 e. The third-order valence-electron chi connectivity index (χ3n) is 2.88. The Morgan fingerprint density at radius 2 is 1.69 bits per heavy atom. The molecule has 0 saturated carbocycles. The molecule has 1 aliphatic heterocycles. The quantitative estimate of drug-likeness (QED) is 0.793. The van der Waals surface area contributed by atoms with E-state index in [0.717, 1.165) is 23.4 Å². The number of benzene rings is 1. The van der Waals surface area contributed by atoms with Crippen LogP contribution in [-0.4, -0.2) is 4.98 Å². The van der Waals surface area contributed by atoms with Crippen molar-refractivity contribution in [3.8, 4) is 0 Å². The van der Waals surface area contributed by atoms with Crippen LogP contribution in [-0.2, 0) is 13.1 Å². The summed E-state index contributed by atoms with van der Waals surface area (Å²) in [5.74, 6) is 1.03. The number of nitrogens with zero attached hydrogens (tertiary/aromatic N) is 2. The molecule has 2 aromatic rings. The van der Waals surface area contributed by atoms with Crippen molar-refractivity contribution in [2.24, 2.45) is 0 Å². The SMILES string of the molecule is Brc1cccnc1N1Cc2ccccc2C1. The summed E-state index contributed by atoms with van der Waals surface area (Å²) in [6.07, 6.45) is 1.84. The zero-order valence-electron chi connectivity index (χ0n) is 8.73. The summed E-state index contributed by atoms with van der Waals surface area (Å²) >= 11 is 3.55. The number of hydrogen-bond donors (Lipinski definition) is 0. The van der Waals surface area contributed by atoms with E-state index in [4.69, 9.17) is 0 Å². The van der Waals surface area contributed by atoms with Crippen molar-refractivity contribution in [2.45, 2.75) is 13.1 Å². The van der Waals surface area contributed by atoms with Crippen LogP contribution in [0.25, 0.3) is 0 Å². The number of anilines is 1. The van der Waals surface area contributed by atoms with Crippen LogP contribution in [0.5, 0.6) is 0 Å². The van der Waals surface area contributed by atoms with Crippen molar-refractivity contribution in [3.63, 3.8) is 0 Å². The van der Waals surface area contributed by atoms with Crippen molar-refractivity contribution < 1.29 is 0 Å². The molecule has 0 bridgehead atoms. The van der Waals surface area contributed by atoms with Gasteiger partial charge in [-0.15, -0.1) is 0 Å². The highest BCUT2D eigenvalue weighted by atomic mass is 79.9.